The SMILES string of the molecule is Cc1cccc(S[C@@H]2O[C@H](CO)[C@@H](O)[C@H](O)[C@H]2O)c1Cc1ccc(-c2ccc(F)cc2)s1. The van der Waals surface area contributed by atoms with Gasteiger partial charge < -0.3 is 25.2 Å². The molecule has 170 valence electrons. The predicted molar refractivity (Wildman–Crippen MR) is 123 cm³/mol. The van der Waals surface area contributed by atoms with Crippen molar-refractivity contribution in [3.05, 3.63) is 76.4 Å². The van der Waals surface area contributed by atoms with Crippen LogP contribution in [0, 0.1) is 12.7 Å². The zero-order valence-corrected chi connectivity index (χ0v) is 19.0. The summed E-state index contributed by atoms with van der Waals surface area (Å²) in [7, 11) is 0. The molecule has 3 aromatic rings. The Labute approximate surface area is 194 Å². The van der Waals surface area contributed by atoms with Gasteiger partial charge in [-0.15, -0.1) is 11.3 Å². The fourth-order valence-electron chi connectivity index (χ4n) is 3.72. The fourth-order valence-corrected chi connectivity index (χ4v) is 6.03. The van der Waals surface area contributed by atoms with Crippen molar-refractivity contribution in [2.24, 2.45) is 0 Å². The molecule has 32 heavy (non-hydrogen) atoms. The first-order chi connectivity index (χ1) is 15.4. The second-order valence-corrected chi connectivity index (χ2v) is 10.1. The monoisotopic (exact) mass is 476 g/mol. The second kappa shape index (κ2) is 10.0. The van der Waals surface area contributed by atoms with Gasteiger partial charge in [-0.2, -0.15) is 0 Å². The number of aliphatic hydroxyl groups excluding tert-OH is 4. The molecule has 1 fully saturated rings. The van der Waals surface area contributed by atoms with E-state index in [2.05, 4.69) is 6.07 Å². The number of hydrogen-bond acceptors (Lipinski definition) is 7. The summed E-state index contributed by atoms with van der Waals surface area (Å²) >= 11 is 2.91. The molecule has 0 unspecified atom stereocenters. The van der Waals surface area contributed by atoms with Crippen molar-refractivity contribution in [1.29, 1.82) is 0 Å². The number of benzene rings is 2. The number of ether oxygens (including phenoxy) is 1. The van der Waals surface area contributed by atoms with Crippen molar-refractivity contribution >= 4 is 23.1 Å². The lowest BCUT2D eigenvalue weighted by Gasteiger charge is -2.39. The van der Waals surface area contributed by atoms with E-state index < -0.39 is 36.5 Å². The van der Waals surface area contributed by atoms with E-state index in [0.29, 0.717) is 6.42 Å². The van der Waals surface area contributed by atoms with Gasteiger partial charge >= 0.3 is 0 Å². The Balaban J connectivity index is 1.56. The summed E-state index contributed by atoms with van der Waals surface area (Å²) in [6, 6.07) is 16.4. The molecular formula is C24H25FO5S2. The molecule has 1 aromatic heterocycles. The lowest BCUT2D eigenvalue weighted by Crippen LogP contribution is -2.57. The zero-order valence-electron chi connectivity index (χ0n) is 17.4. The fraction of sp³-hybridized carbons (Fsp3) is 0.333. The quantitative estimate of drug-likeness (QED) is 0.436. The number of thioether (sulfide) groups is 1. The summed E-state index contributed by atoms with van der Waals surface area (Å²) in [5.41, 5.74) is 2.28. The summed E-state index contributed by atoms with van der Waals surface area (Å²) in [6.45, 7) is 1.56. The maximum absolute atomic E-state index is 13.2. The van der Waals surface area contributed by atoms with Gasteiger partial charge in [0.05, 0.1) is 6.61 Å². The van der Waals surface area contributed by atoms with Crippen LogP contribution in [0.15, 0.2) is 59.5 Å². The smallest absolute Gasteiger partial charge is 0.136 e. The molecule has 2 aromatic carbocycles. The predicted octanol–water partition coefficient (Wildman–Crippen LogP) is 3.35. The Morgan fingerprint density at radius 2 is 1.72 bits per heavy atom. The molecule has 1 saturated heterocycles. The van der Waals surface area contributed by atoms with E-state index in [4.69, 9.17) is 4.74 Å². The van der Waals surface area contributed by atoms with Crippen LogP contribution in [0.25, 0.3) is 10.4 Å². The van der Waals surface area contributed by atoms with E-state index in [0.717, 1.165) is 31.3 Å². The van der Waals surface area contributed by atoms with E-state index >= 15 is 0 Å². The molecule has 0 spiro atoms. The van der Waals surface area contributed by atoms with Crippen molar-refractivity contribution in [1.82, 2.24) is 0 Å². The van der Waals surface area contributed by atoms with E-state index in [1.807, 2.05) is 31.2 Å². The normalized spacial score (nSPS) is 25.8. The average Bonchev–Trinajstić information content (AvgIpc) is 3.25. The summed E-state index contributed by atoms with van der Waals surface area (Å²) < 4.78 is 18.9. The van der Waals surface area contributed by atoms with E-state index in [9.17, 15) is 24.8 Å². The molecule has 0 amide bonds. The van der Waals surface area contributed by atoms with Gasteiger partial charge in [0.15, 0.2) is 0 Å². The number of hydrogen-bond donors (Lipinski definition) is 4. The lowest BCUT2D eigenvalue weighted by atomic mass is 10.0. The number of thiophene rings is 1. The minimum Gasteiger partial charge on any atom is -0.394 e. The van der Waals surface area contributed by atoms with Crippen LogP contribution < -0.4 is 0 Å². The Morgan fingerprint density at radius 1 is 0.969 bits per heavy atom. The summed E-state index contributed by atoms with van der Waals surface area (Å²) in [6.07, 6.45) is -4.34. The highest BCUT2D eigenvalue weighted by Crippen LogP contribution is 2.38. The first kappa shape index (κ1) is 23.4. The Morgan fingerprint density at radius 3 is 2.44 bits per heavy atom. The average molecular weight is 477 g/mol. The van der Waals surface area contributed by atoms with Crippen molar-refractivity contribution in [2.45, 2.75) is 48.1 Å². The topological polar surface area (TPSA) is 90.2 Å². The Bertz CT molecular complexity index is 1050. The van der Waals surface area contributed by atoms with Gasteiger partial charge in [0.1, 0.15) is 35.7 Å². The molecular weight excluding hydrogens is 451 g/mol. The molecule has 1 aliphatic heterocycles. The van der Waals surface area contributed by atoms with E-state index in [-0.39, 0.29) is 5.82 Å². The van der Waals surface area contributed by atoms with E-state index in [1.54, 1.807) is 23.5 Å². The van der Waals surface area contributed by atoms with E-state index in [1.165, 1.54) is 23.9 Å². The van der Waals surface area contributed by atoms with Crippen LogP contribution in [-0.2, 0) is 11.2 Å². The van der Waals surface area contributed by atoms with Crippen LogP contribution in [0.5, 0.6) is 0 Å². The van der Waals surface area contributed by atoms with Crippen LogP contribution >= 0.6 is 23.1 Å². The minimum absolute atomic E-state index is 0.264. The number of aryl methyl sites for hydroxylation is 1. The minimum atomic E-state index is -1.40. The molecule has 8 heteroatoms. The van der Waals surface area contributed by atoms with Crippen molar-refractivity contribution < 1.29 is 29.6 Å². The highest BCUT2D eigenvalue weighted by molar-refractivity contribution is 7.99. The van der Waals surface area contributed by atoms with Crippen LogP contribution in [0.2, 0.25) is 0 Å². The van der Waals surface area contributed by atoms with Gasteiger partial charge in [0.2, 0.25) is 0 Å². The molecule has 0 aliphatic carbocycles. The molecule has 5 atom stereocenters. The number of halogens is 1. The van der Waals surface area contributed by atoms with Gasteiger partial charge in [-0.3, -0.25) is 0 Å². The second-order valence-electron chi connectivity index (χ2n) is 7.82. The third kappa shape index (κ3) is 4.92. The van der Waals surface area contributed by atoms with Gasteiger partial charge in [-0.25, -0.2) is 4.39 Å². The van der Waals surface area contributed by atoms with Gasteiger partial charge in [-0.1, -0.05) is 36.0 Å². The number of rotatable bonds is 6. The molecule has 5 nitrogen and oxygen atoms in total. The van der Waals surface area contributed by atoms with Crippen molar-refractivity contribution in [3.63, 3.8) is 0 Å². The molecule has 4 rings (SSSR count). The molecule has 0 radical (unpaired) electrons. The third-order valence-corrected chi connectivity index (χ3v) is 7.99. The largest absolute Gasteiger partial charge is 0.394 e. The third-order valence-electron chi connectivity index (χ3n) is 5.60. The van der Waals surface area contributed by atoms with Crippen LogP contribution in [-0.4, -0.2) is 56.9 Å². The van der Waals surface area contributed by atoms with Crippen LogP contribution in [0.4, 0.5) is 4.39 Å². The Hall–Kier alpha value is -1.78. The standard InChI is InChI=1S/C24H25FO5S2/c1-13-3-2-4-20(32-24-23(29)22(28)21(27)18(12-26)30-24)17(13)11-16-9-10-19(31-16)14-5-7-15(25)8-6-14/h2-10,18,21-24,26-29H,11-12H2,1H3/t18-,21-,22+,23-,24+/m1/s1. The summed E-state index contributed by atoms with van der Waals surface area (Å²) in [5, 5.41) is 40.0. The van der Waals surface area contributed by atoms with Gasteiger partial charge in [-0.05, 0) is 53.9 Å². The van der Waals surface area contributed by atoms with Gasteiger partial charge in [0, 0.05) is 21.1 Å². The Kier molecular flexibility index (Phi) is 7.31. The first-order valence-corrected chi connectivity index (χ1v) is 12.0. The highest BCUT2D eigenvalue weighted by atomic mass is 32.2. The lowest BCUT2D eigenvalue weighted by molar-refractivity contribution is -0.205. The molecule has 0 saturated carbocycles. The van der Waals surface area contributed by atoms with Gasteiger partial charge in [0.25, 0.3) is 0 Å². The summed E-state index contributed by atoms with van der Waals surface area (Å²) in [4.78, 5) is 3.08. The molecule has 1 aliphatic rings. The van der Waals surface area contributed by atoms with Crippen LogP contribution in [0.1, 0.15) is 16.0 Å². The van der Waals surface area contributed by atoms with Crippen molar-refractivity contribution in [2.75, 3.05) is 6.61 Å². The van der Waals surface area contributed by atoms with Crippen LogP contribution in [0.3, 0.4) is 0 Å². The maximum atomic E-state index is 13.2. The molecule has 4 N–H and O–H groups in total. The summed E-state index contributed by atoms with van der Waals surface area (Å²) in [5.74, 6) is -0.264. The molecule has 2 heterocycles. The first-order valence-electron chi connectivity index (χ1n) is 10.3. The molecule has 0 bridgehead atoms. The zero-order chi connectivity index (χ0) is 22.8. The number of aliphatic hydroxyl groups is 4. The van der Waals surface area contributed by atoms with Crippen molar-refractivity contribution in [3.8, 4) is 10.4 Å². The highest BCUT2D eigenvalue weighted by Gasteiger charge is 2.43. The maximum Gasteiger partial charge on any atom is 0.136 e.